The zero-order chi connectivity index (χ0) is 13.3. The van der Waals surface area contributed by atoms with Crippen LogP contribution in [0.2, 0.25) is 10.3 Å². The Morgan fingerprint density at radius 1 is 1.39 bits per heavy atom. The molecule has 0 N–H and O–H groups in total. The fourth-order valence-corrected chi connectivity index (χ4v) is 2.76. The summed E-state index contributed by atoms with van der Waals surface area (Å²) in [6, 6.07) is 3.23. The van der Waals surface area contributed by atoms with E-state index in [9.17, 15) is 4.79 Å². The number of hydrogen-bond donors (Lipinski definition) is 0. The summed E-state index contributed by atoms with van der Waals surface area (Å²) in [5.74, 6) is -0.0584. The molecule has 0 atom stereocenters. The number of hydrogen-bond acceptors (Lipinski definition) is 2. The van der Waals surface area contributed by atoms with Crippen molar-refractivity contribution in [1.29, 1.82) is 0 Å². The van der Waals surface area contributed by atoms with Gasteiger partial charge in [-0.05, 0) is 30.4 Å². The summed E-state index contributed by atoms with van der Waals surface area (Å²) in [4.78, 5) is 18.1. The highest BCUT2D eigenvalue weighted by molar-refractivity contribution is 6.34. The molecule has 18 heavy (non-hydrogen) atoms. The quantitative estimate of drug-likeness (QED) is 0.739. The van der Waals surface area contributed by atoms with Crippen molar-refractivity contribution in [3.8, 4) is 0 Å². The minimum absolute atomic E-state index is 0.0584. The molecule has 0 bridgehead atoms. The molecule has 0 unspecified atom stereocenters. The van der Waals surface area contributed by atoms with Gasteiger partial charge in [0.05, 0.1) is 5.56 Å². The largest absolute Gasteiger partial charge is 0.338 e. The molecule has 2 heterocycles. The third-order valence-corrected chi connectivity index (χ3v) is 3.73. The van der Waals surface area contributed by atoms with Gasteiger partial charge >= 0.3 is 0 Å². The monoisotopic (exact) mass is 286 g/mol. The molecule has 0 spiro atoms. The molecule has 1 aromatic heterocycles. The molecular weight excluding hydrogens is 271 g/mol. The second kappa shape index (κ2) is 5.06. The number of nitrogens with zero attached hydrogens (tertiary/aromatic N) is 2. The van der Waals surface area contributed by atoms with E-state index >= 15 is 0 Å². The van der Waals surface area contributed by atoms with Gasteiger partial charge in [0.25, 0.3) is 5.91 Å². The maximum atomic E-state index is 12.4. The van der Waals surface area contributed by atoms with Crippen molar-refractivity contribution in [3.05, 3.63) is 28.0 Å². The number of likely N-dealkylation sites (tertiary alicyclic amines) is 1. The van der Waals surface area contributed by atoms with Crippen LogP contribution in [0.1, 0.15) is 37.0 Å². The summed E-state index contributed by atoms with van der Waals surface area (Å²) < 4.78 is 0. The first kappa shape index (κ1) is 13.6. The minimum Gasteiger partial charge on any atom is -0.338 e. The summed E-state index contributed by atoms with van der Waals surface area (Å²) in [5, 5.41) is 0.478. The van der Waals surface area contributed by atoms with Crippen LogP contribution in [0, 0.1) is 5.41 Å². The number of aromatic nitrogens is 1. The van der Waals surface area contributed by atoms with Crippen LogP contribution in [0.15, 0.2) is 12.1 Å². The highest BCUT2D eigenvalue weighted by Crippen LogP contribution is 2.30. The van der Waals surface area contributed by atoms with E-state index in [2.05, 4.69) is 18.8 Å². The van der Waals surface area contributed by atoms with Gasteiger partial charge in [-0.25, -0.2) is 4.98 Å². The Morgan fingerprint density at radius 2 is 2.11 bits per heavy atom. The van der Waals surface area contributed by atoms with Crippen molar-refractivity contribution in [2.75, 3.05) is 13.1 Å². The Kier molecular flexibility index (Phi) is 3.83. The first-order valence-corrected chi connectivity index (χ1v) is 6.76. The van der Waals surface area contributed by atoms with E-state index in [4.69, 9.17) is 23.2 Å². The SMILES string of the molecule is CC1(C)CCCN(C(=O)c2ccc(Cl)nc2Cl)C1. The van der Waals surface area contributed by atoms with Crippen LogP contribution in [-0.4, -0.2) is 28.9 Å². The highest BCUT2D eigenvalue weighted by atomic mass is 35.5. The van der Waals surface area contributed by atoms with Gasteiger partial charge in [0.1, 0.15) is 10.3 Å². The fourth-order valence-electron chi connectivity index (χ4n) is 2.34. The lowest BCUT2D eigenvalue weighted by atomic mass is 9.84. The Labute approximate surface area is 117 Å². The van der Waals surface area contributed by atoms with Crippen LogP contribution in [0.25, 0.3) is 0 Å². The molecule has 3 nitrogen and oxygen atoms in total. The van der Waals surface area contributed by atoms with Crippen LogP contribution < -0.4 is 0 Å². The van der Waals surface area contributed by atoms with Gasteiger partial charge in [0, 0.05) is 13.1 Å². The van der Waals surface area contributed by atoms with E-state index in [1.54, 1.807) is 12.1 Å². The minimum atomic E-state index is -0.0584. The molecule has 1 fully saturated rings. The topological polar surface area (TPSA) is 33.2 Å². The van der Waals surface area contributed by atoms with Crippen LogP contribution in [0.3, 0.4) is 0 Å². The molecular formula is C13H16Cl2N2O. The van der Waals surface area contributed by atoms with E-state index in [-0.39, 0.29) is 16.5 Å². The zero-order valence-corrected chi connectivity index (χ0v) is 12.1. The molecule has 0 aliphatic carbocycles. The standard InChI is InChI=1S/C13H16Cl2N2O/c1-13(2)6-3-7-17(8-13)12(18)9-4-5-10(14)16-11(9)15/h4-5H,3,6-8H2,1-2H3. The third kappa shape index (κ3) is 2.96. The van der Waals surface area contributed by atoms with E-state index in [1.165, 1.54) is 0 Å². The van der Waals surface area contributed by atoms with E-state index < -0.39 is 0 Å². The highest BCUT2D eigenvalue weighted by Gasteiger charge is 2.30. The van der Waals surface area contributed by atoms with Gasteiger partial charge in [0.15, 0.2) is 0 Å². The van der Waals surface area contributed by atoms with Crippen molar-refractivity contribution in [3.63, 3.8) is 0 Å². The first-order chi connectivity index (χ1) is 8.39. The van der Waals surface area contributed by atoms with Crippen molar-refractivity contribution in [1.82, 2.24) is 9.88 Å². The Hall–Kier alpha value is -0.800. The predicted octanol–water partition coefficient (Wildman–Crippen LogP) is 3.65. The van der Waals surface area contributed by atoms with Crippen molar-refractivity contribution in [2.24, 2.45) is 5.41 Å². The normalized spacial score (nSPS) is 18.8. The van der Waals surface area contributed by atoms with Gasteiger partial charge in [0.2, 0.25) is 0 Å². The van der Waals surface area contributed by atoms with Crippen molar-refractivity contribution in [2.45, 2.75) is 26.7 Å². The third-order valence-electron chi connectivity index (χ3n) is 3.23. The molecule has 1 aromatic rings. The fraction of sp³-hybridized carbons (Fsp3) is 0.538. The summed E-state index contributed by atoms with van der Waals surface area (Å²) >= 11 is 11.7. The second-order valence-electron chi connectivity index (χ2n) is 5.47. The Morgan fingerprint density at radius 3 is 2.72 bits per heavy atom. The average molecular weight is 287 g/mol. The molecule has 5 heteroatoms. The lowest BCUT2D eigenvalue weighted by Crippen LogP contribution is -2.43. The van der Waals surface area contributed by atoms with Gasteiger partial charge < -0.3 is 4.90 Å². The molecule has 1 aliphatic rings. The summed E-state index contributed by atoms with van der Waals surface area (Å²) in [6.45, 7) is 5.88. The number of pyridine rings is 1. The number of halogens is 2. The molecule has 1 saturated heterocycles. The Balaban J connectivity index is 2.20. The number of carbonyl (C=O) groups is 1. The molecule has 0 saturated carbocycles. The number of piperidine rings is 1. The maximum absolute atomic E-state index is 12.4. The van der Waals surface area contributed by atoms with Gasteiger partial charge in [-0.2, -0.15) is 0 Å². The van der Waals surface area contributed by atoms with Gasteiger partial charge in [-0.15, -0.1) is 0 Å². The van der Waals surface area contributed by atoms with E-state index in [1.807, 2.05) is 4.90 Å². The molecule has 0 radical (unpaired) electrons. The van der Waals surface area contributed by atoms with Crippen molar-refractivity contribution >= 4 is 29.1 Å². The zero-order valence-electron chi connectivity index (χ0n) is 10.5. The number of carbonyl (C=O) groups excluding carboxylic acids is 1. The molecule has 98 valence electrons. The predicted molar refractivity (Wildman–Crippen MR) is 73.2 cm³/mol. The smallest absolute Gasteiger partial charge is 0.257 e. The van der Waals surface area contributed by atoms with Gasteiger partial charge in [-0.3, -0.25) is 4.79 Å². The van der Waals surface area contributed by atoms with Crippen LogP contribution in [-0.2, 0) is 0 Å². The first-order valence-electron chi connectivity index (χ1n) is 6.00. The van der Waals surface area contributed by atoms with E-state index in [0.29, 0.717) is 10.7 Å². The molecule has 1 aliphatic heterocycles. The van der Waals surface area contributed by atoms with Crippen LogP contribution in [0.4, 0.5) is 0 Å². The molecule has 2 rings (SSSR count). The second-order valence-corrected chi connectivity index (χ2v) is 6.21. The van der Waals surface area contributed by atoms with Gasteiger partial charge in [-0.1, -0.05) is 37.0 Å². The molecule has 1 amide bonds. The van der Waals surface area contributed by atoms with Crippen LogP contribution in [0.5, 0.6) is 0 Å². The lowest BCUT2D eigenvalue weighted by Gasteiger charge is -2.38. The summed E-state index contributed by atoms with van der Waals surface area (Å²) in [5.41, 5.74) is 0.596. The number of rotatable bonds is 1. The van der Waals surface area contributed by atoms with Crippen LogP contribution >= 0.6 is 23.2 Å². The summed E-state index contributed by atoms with van der Waals surface area (Å²) in [6.07, 6.45) is 2.17. The van der Waals surface area contributed by atoms with E-state index in [0.717, 1.165) is 25.9 Å². The Bertz CT molecular complexity index is 474. The number of amides is 1. The summed E-state index contributed by atoms with van der Waals surface area (Å²) in [7, 11) is 0. The van der Waals surface area contributed by atoms with Crippen molar-refractivity contribution < 1.29 is 4.79 Å². The lowest BCUT2D eigenvalue weighted by molar-refractivity contribution is 0.0583. The maximum Gasteiger partial charge on any atom is 0.257 e. The average Bonchev–Trinajstić information content (AvgIpc) is 2.27. The molecule has 0 aromatic carbocycles.